The second-order valence-corrected chi connectivity index (χ2v) is 14.5. The van der Waals surface area contributed by atoms with Crippen LogP contribution in [0.5, 0.6) is 5.75 Å². The molecule has 1 amide bonds. The van der Waals surface area contributed by atoms with Crippen molar-refractivity contribution in [1.82, 2.24) is 0 Å². The third kappa shape index (κ3) is 5.37. The van der Waals surface area contributed by atoms with E-state index in [1.165, 1.54) is 12.1 Å². The number of nitrogens with zero attached hydrogens (tertiary/aromatic N) is 1. The van der Waals surface area contributed by atoms with Gasteiger partial charge in [-0.1, -0.05) is 65.8 Å². The molecule has 2 aliphatic carbocycles. The summed E-state index contributed by atoms with van der Waals surface area (Å²) in [5.74, 6) is -0.347. The van der Waals surface area contributed by atoms with Gasteiger partial charge in [-0.15, -0.1) is 0 Å². The van der Waals surface area contributed by atoms with Gasteiger partial charge in [-0.05, 0) is 94.7 Å². The quantitative estimate of drug-likeness (QED) is 0.326. The molecular weight excluding hydrogens is 539 g/mol. The predicted molar refractivity (Wildman–Crippen MR) is 169 cm³/mol. The van der Waals surface area contributed by atoms with Crippen LogP contribution in [-0.2, 0) is 20.4 Å². The number of rotatable bonds is 3. The minimum absolute atomic E-state index is 0.0225. The number of hydrogen-bond donors (Lipinski definition) is 2. The number of para-hydroxylation sites is 2. The summed E-state index contributed by atoms with van der Waals surface area (Å²) in [5.41, 5.74) is 5.79. The number of nitrogens with one attached hydrogen (secondary N) is 1. The number of phenols is 1. The number of fused-ring (bicyclic) bond motifs is 1. The normalized spacial score (nSPS) is 20.7. The van der Waals surface area contributed by atoms with Crippen molar-refractivity contribution in [2.24, 2.45) is 5.92 Å². The lowest BCUT2D eigenvalue weighted by molar-refractivity contribution is -0.120. The number of halogens is 1. The summed E-state index contributed by atoms with van der Waals surface area (Å²) in [7, 11) is 0. The van der Waals surface area contributed by atoms with Gasteiger partial charge in [-0.2, -0.15) is 0 Å². The van der Waals surface area contributed by atoms with Gasteiger partial charge in [0.15, 0.2) is 5.78 Å². The highest BCUT2D eigenvalue weighted by atomic mass is 19.1. The van der Waals surface area contributed by atoms with Crippen molar-refractivity contribution in [1.29, 1.82) is 0 Å². The van der Waals surface area contributed by atoms with Gasteiger partial charge in [0.05, 0.1) is 17.4 Å². The highest BCUT2D eigenvalue weighted by Gasteiger charge is 2.47. The van der Waals surface area contributed by atoms with Crippen LogP contribution in [0.15, 0.2) is 71.9 Å². The standard InChI is InChI=1S/C37H41FN2O3/c1-36(2,3)26-19-25(41)20-27(37(4,5)6)32(26)34-33-29(17-23(18-31(33)42)21-13-15-24(38)16-14-21)39-28-9-7-8-10-30(28)40(34)35(43)22-11-12-22/h7-10,13-16,19-20,22-23,34,39,41H,11-12,17-18H2,1-6H3. The maximum absolute atomic E-state index is 14.6. The molecule has 2 atom stereocenters. The van der Waals surface area contributed by atoms with Crippen LogP contribution in [0.25, 0.3) is 0 Å². The number of carbonyl (C=O) groups is 2. The molecule has 0 radical (unpaired) electrons. The van der Waals surface area contributed by atoms with E-state index < -0.39 is 16.9 Å². The van der Waals surface area contributed by atoms with Crippen LogP contribution in [0, 0.1) is 11.7 Å². The predicted octanol–water partition coefficient (Wildman–Crippen LogP) is 8.44. The number of benzene rings is 3. The Morgan fingerprint density at radius 2 is 1.51 bits per heavy atom. The van der Waals surface area contributed by atoms with Gasteiger partial charge in [0, 0.05) is 23.6 Å². The Labute approximate surface area is 253 Å². The van der Waals surface area contributed by atoms with Gasteiger partial charge in [0.25, 0.3) is 0 Å². The Hall–Kier alpha value is -3.93. The average Bonchev–Trinajstić information content (AvgIpc) is 3.78. The SMILES string of the molecule is CC(C)(C)c1cc(O)cc(C(C)(C)C)c1C1C2=C(CC(c3ccc(F)cc3)CC2=O)Nc2ccccc2N1C(=O)C1CC1. The van der Waals surface area contributed by atoms with E-state index in [9.17, 15) is 19.1 Å². The first-order valence-corrected chi connectivity index (χ1v) is 15.3. The summed E-state index contributed by atoms with van der Waals surface area (Å²) >= 11 is 0. The van der Waals surface area contributed by atoms with Gasteiger partial charge in [0.1, 0.15) is 11.6 Å². The molecule has 2 N–H and O–H groups in total. The summed E-state index contributed by atoms with van der Waals surface area (Å²) in [4.78, 5) is 30.9. The first kappa shape index (κ1) is 29.2. The number of amides is 1. The molecule has 6 rings (SSSR count). The molecule has 0 aromatic heterocycles. The highest BCUT2D eigenvalue weighted by molar-refractivity contribution is 6.07. The van der Waals surface area contributed by atoms with Crippen molar-refractivity contribution in [3.05, 3.63) is 100 Å². The van der Waals surface area contributed by atoms with Crippen molar-refractivity contribution in [3.63, 3.8) is 0 Å². The Morgan fingerprint density at radius 3 is 2.09 bits per heavy atom. The average molecular weight is 581 g/mol. The Bertz CT molecular complexity index is 1600. The molecule has 1 heterocycles. The van der Waals surface area contributed by atoms with Crippen molar-refractivity contribution < 1.29 is 19.1 Å². The maximum Gasteiger partial charge on any atom is 0.231 e. The third-order valence-electron chi connectivity index (χ3n) is 9.05. The van der Waals surface area contributed by atoms with Crippen LogP contribution in [0.4, 0.5) is 15.8 Å². The van der Waals surface area contributed by atoms with E-state index in [0.29, 0.717) is 12.0 Å². The second-order valence-electron chi connectivity index (χ2n) is 14.5. The largest absolute Gasteiger partial charge is 0.508 e. The van der Waals surface area contributed by atoms with Crippen molar-refractivity contribution >= 4 is 23.1 Å². The highest BCUT2D eigenvalue weighted by Crippen LogP contribution is 2.53. The lowest BCUT2D eigenvalue weighted by Gasteiger charge is -2.40. The fourth-order valence-electron chi connectivity index (χ4n) is 6.78. The van der Waals surface area contributed by atoms with Crippen molar-refractivity contribution in [2.75, 3.05) is 10.2 Å². The molecule has 1 saturated carbocycles. The van der Waals surface area contributed by atoms with Gasteiger partial charge in [0.2, 0.25) is 5.91 Å². The number of allylic oxidation sites excluding steroid dienone is 1. The number of carbonyl (C=O) groups excluding carboxylic acids is 2. The molecule has 0 bridgehead atoms. The number of hydrogen-bond acceptors (Lipinski definition) is 4. The van der Waals surface area contributed by atoms with E-state index in [4.69, 9.17) is 0 Å². The first-order valence-electron chi connectivity index (χ1n) is 15.3. The number of anilines is 2. The molecule has 1 fully saturated rings. The van der Waals surface area contributed by atoms with Gasteiger partial charge >= 0.3 is 0 Å². The minimum Gasteiger partial charge on any atom is -0.508 e. The lowest BCUT2D eigenvalue weighted by Crippen LogP contribution is -2.41. The van der Waals surface area contributed by atoms with E-state index in [1.807, 2.05) is 41.3 Å². The fraction of sp³-hybridized carbons (Fsp3) is 0.405. The zero-order valence-corrected chi connectivity index (χ0v) is 25.9. The summed E-state index contributed by atoms with van der Waals surface area (Å²) in [6.07, 6.45) is 2.48. The van der Waals surface area contributed by atoms with Crippen molar-refractivity contribution in [2.45, 2.75) is 90.0 Å². The molecular formula is C37H41FN2O3. The van der Waals surface area contributed by atoms with E-state index in [0.717, 1.165) is 52.2 Å². The monoisotopic (exact) mass is 580 g/mol. The summed E-state index contributed by atoms with van der Waals surface area (Å²) in [6.45, 7) is 12.6. The fourth-order valence-corrected chi connectivity index (χ4v) is 6.78. The second kappa shape index (κ2) is 10.4. The Morgan fingerprint density at radius 1 is 0.907 bits per heavy atom. The van der Waals surface area contributed by atoms with Crippen LogP contribution < -0.4 is 10.2 Å². The van der Waals surface area contributed by atoms with Crippen LogP contribution in [0.2, 0.25) is 0 Å². The first-order chi connectivity index (χ1) is 20.2. The summed E-state index contributed by atoms with van der Waals surface area (Å²) in [5, 5.41) is 14.6. The molecule has 3 aliphatic rings. The smallest absolute Gasteiger partial charge is 0.231 e. The number of ketones is 1. The summed E-state index contributed by atoms with van der Waals surface area (Å²) < 4.78 is 13.8. The number of Topliss-reactive ketones (excluding diaryl/α,β-unsaturated/α-hetero) is 1. The molecule has 0 spiro atoms. The molecule has 43 heavy (non-hydrogen) atoms. The molecule has 3 aromatic carbocycles. The van der Waals surface area contributed by atoms with E-state index in [1.54, 1.807) is 12.1 Å². The molecule has 2 unspecified atom stereocenters. The Balaban J connectivity index is 1.67. The molecule has 5 nitrogen and oxygen atoms in total. The molecule has 3 aromatic rings. The van der Waals surface area contributed by atoms with Crippen LogP contribution in [-0.4, -0.2) is 16.8 Å². The van der Waals surface area contributed by atoms with Gasteiger partial charge in [-0.3, -0.25) is 14.5 Å². The lowest BCUT2D eigenvalue weighted by atomic mass is 9.70. The molecule has 6 heteroatoms. The van der Waals surface area contributed by atoms with Crippen molar-refractivity contribution in [3.8, 4) is 5.75 Å². The number of aromatic hydroxyl groups is 1. The zero-order valence-electron chi connectivity index (χ0n) is 25.9. The Kier molecular flexibility index (Phi) is 7.02. The van der Waals surface area contributed by atoms with E-state index >= 15 is 0 Å². The molecule has 224 valence electrons. The minimum atomic E-state index is -0.676. The van der Waals surface area contributed by atoms with E-state index in [-0.39, 0.29) is 41.5 Å². The number of phenolic OH excluding ortho intramolecular Hbond substituents is 1. The van der Waals surface area contributed by atoms with E-state index in [2.05, 4.69) is 46.9 Å². The maximum atomic E-state index is 14.6. The molecule has 1 aliphatic heterocycles. The van der Waals surface area contributed by atoms with Crippen LogP contribution in [0.3, 0.4) is 0 Å². The van der Waals surface area contributed by atoms with Crippen LogP contribution in [0.1, 0.15) is 101 Å². The topological polar surface area (TPSA) is 69.6 Å². The summed E-state index contributed by atoms with van der Waals surface area (Å²) in [6, 6.07) is 17.2. The van der Waals surface area contributed by atoms with Gasteiger partial charge < -0.3 is 10.4 Å². The molecule has 0 saturated heterocycles. The third-order valence-corrected chi connectivity index (χ3v) is 9.05. The van der Waals surface area contributed by atoms with Crippen LogP contribution >= 0.6 is 0 Å². The zero-order chi connectivity index (χ0) is 30.8. The van der Waals surface area contributed by atoms with Gasteiger partial charge in [-0.25, -0.2) is 4.39 Å².